The molecule has 0 atom stereocenters. The molecule has 3 aromatic carbocycles. The third-order valence-corrected chi connectivity index (χ3v) is 5.96. The summed E-state index contributed by atoms with van der Waals surface area (Å²) in [7, 11) is 0. The van der Waals surface area contributed by atoms with E-state index < -0.39 is 11.8 Å². The third-order valence-electron chi connectivity index (χ3n) is 5.96. The molecule has 6 heteroatoms. The van der Waals surface area contributed by atoms with Gasteiger partial charge in [-0.1, -0.05) is 42.5 Å². The number of nitriles is 1. The molecule has 154 valence electrons. The first-order valence-corrected chi connectivity index (χ1v) is 10.5. The highest BCUT2D eigenvalue weighted by molar-refractivity contribution is 6.26. The van der Waals surface area contributed by atoms with Gasteiger partial charge in [0.25, 0.3) is 11.8 Å². The monoisotopic (exact) mass is 411 g/mol. The van der Waals surface area contributed by atoms with Crippen LogP contribution in [0.4, 0.5) is 5.69 Å². The molecule has 1 fully saturated rings. The Morgan fingerprint density at radius 2 is 1.65 bits per heavy atom. The number of anilines is 1. The van der Waals surface area contributed by atoms with Gasteiger partial charge in [-0.25, -0.2) is 0 Å². The van der Waals surface area contributed by atoms with Crippen molar-refractivity contribution in [2.24, 2.45) is 0 Å². The van der Waals surface area contributed by atoms with Crippen molar-refractivity contribution in [3.05, 3.63) is 76.9 Å². The first-order valence-electron chi connectivity index (χ1n) is 10.5. The molecule has 0 spiro atoms. The van der Waals surface area contributed by atoms with Gasteiger partial charge in [0.2, 0.25) is 0 Å². The smallest absolute Gasteiger partial charge is 0.285 e. The van der Waals surface area contributed by atoms with E-state index in [-0.39, 0.29) is 6.61 Å². The second kappa shape index (κ2) is 7.86. The average molecular weight is 411 g/mol. The van der Waals surface area contributed by atoms with Crippen LogP contribution in [-0.4, -0.2) is 30.0 Å². The number of carbonyl (C=O) groups excluding carboxylic acids is 2. The number of piperidine rings is 1. The van der Waals surface area contributed by atoms with E-state index in [1.807, 2.05) is 36.4 Å². The number of rotatable bonds is 4. The largest absolute Gasteiger partial charge is 0.370 e. The molecule has 0 saturated carbocycles. The molecule has 6 nitrogen and oxygen atoms in total. The zero-order valence-electron chi connectivity index (χ0n) is 17.0. The average Bonchev–Trinajstić information content (AvgIpc) is 2.83. The molecule has 2 heterocycles. The fourth-order valence-electron chi connectivity index (χ4n) is 4.50. The van der Waals surface area contributed by atoms with Crippen LogP contribution in [0.2, 0.25) is 0 Å². The molecule has 2 aliphatic heterocycles. The molecule has 0 radical (unpaired) electrons. The van der Waals surface area contributed by atoms with E-state index in [1.165, 1.54) is 6.42 Å². The van der Waals surface area contributed by atoms with Gasteiger partial charge in [0.15, 0.2) is 0 Å². The molecule has 0 aromatic heterocycles. The minimum absolute atomic E-state index is 0.0978. The highest BCUT2D eigenvalue weighted by Crippen LogP contribution is 2.39. The highest BCUT2D eigenvalue weighted by atomic mass is 16.7. The molecular formula is C25H21N3O3. The SMILES string of the molecule is N#Cc1cc2c3c(cccc3c1N1CCCCC1)C(=O)N(OCc1ccccc1)C2=O. The summed E-state index contributed by atoms with van der Waals surface area (Å²) in [6, 6.07) is 18.7. The lowest BCUT2D eigenvalue weighted by molar-refractivity contribution is -0.104. The number of hydrogen-bond acceptors (Lipinski definition) is 5. The van der Waals surface area contributed by atoms with Gasteiger partial charge in [-0.2, -0.15) is 5.26 Å². The fourth-order valence-corrected chi connectivity index (χ4v) is 4.50. The predicted octanol–water partition coefficient (Wildman–Crippen LogP) is 4.43. The summed E-state index contributed by atoms with van der Waals surface area (Å²) in [5.41, 5.74) is 2.87. The van der Waals surface area contributed by atoms with Crippen molar-refractivity contribution >= 4 is 28.3 Å². The van der Waals surface area contributed by atoms with E-state index in [1.54, 1.807) is 18.2 Å². The van der Waals surface area contributed by atoms with Crippen LogP contribution in [0.15, 0.2) is 54.6 Å². The summed E-state index contributed by atoms with van der Waals surface area (Å²) in [5, 5.41) is 12.1. The van der Waals surface area contributed by atoms with Crippen molar-refractivity contribution in [1.82, 2.24) is 5.06 Å². The maximum absolute atomic E-state index is 13.2. The van der Waals surface area contributed by atoms with Crippen molar-refractivity contribution in [2.45, 2.75) is 25.9 Å². The second-order valence-corrected chi connectivity index (χ2v) is 7.87. The first kappa shape index (κ1) is 19.3. The topological polar surface area (TPSA) is 73.6 Å². The van der Waals surface area contributed by atoms with E-state index in [0.717, 1.165) is 47.6 Å². The molecule has 1 saturated heterocycles. The van der Waals surface area contributed by atoms with Crippen molar-refractivity contribution < 1.29 is 14.4 Å². The number of hydroxylamine groups is 2. The molecule has 2 aliphatic rings. The molecule has 3 aromatic rings. The Hall–Kier alpha value is -3.69. The summed E-state index contributed by atoms with van der Waals surface area (Å²) in [6.45, 7) is 1.82. The van der Waals surface area contributed by atoms with Crippen molar-refractivity contribution in [3.8, 4) is 6.07 Å². The summed E-state index contributed by atoms with van der Waals surface area (Å²) in [4.78, 5) is 34.3. The number of benzene rings is 3. The van der Waals surface area contributed by atoms with Crippen LogP contribution in [0.25, 0.3) is 10.8 Å². The lowest BCUT2D eigenvalue weighted by atomic mass is 9.90. The molecule has 0 aliphatic carbocycles. The van der Waals surface area contributed by atoms with Crippen LogP contribution in [0.1, 0.15) is 51.1 Å². The van der Waals surface area contributed by atoms with Crippen LogP contribution >= 0.6 is 0 Å². The van der Waals surface area contributed by atoms with E-state index in [0.29, 0.717) is 22.1 Å². The first-order chi connectivity index (χ1) is 15.2. The summed E-state index contributed by atoms with van der Waals surface area (Å²) >= 11 is 0. The Kier molecular flexibility index (Phi) is 4.89. The quantitative estimate of drug-likeness (QED) is 0.594. The molecule has 31 heavy (non-hydrogen) atoms. The minimum Gasteiger partial charge on any atom is -0.370 e. The van der Waals surface area contributed by atoms with Crippen molar-refractivity contribution in [1.29, 1.82) is 5.26 Å². The summed E-state index contributed by atoms with van der Waals surface area (Å²) in [6.07, 6.45) is 3.30. The lowest BCUT2D eigenvalue weighted by Crippen LogP contribution is -2.40. The molecular weight excluding hydrogens is 390 g/mol. The van der Waals surface area contributed by atoms with E-state index >= 15 is 0 Å². The van der Waals surface area contributed by atoms with E-state index in [2.05, 4.69) is 11.0 Å². The minimum atomic E-state index is -0.536. The predicted molar refractivity (Wildman–Crippen MR) is 116 cm³/mol. The Bertz CT molecular complexity index is 1220. The normalized spacial score (nSPS) is 16.0. The van der Waals surface area contributed by atoms with Crippen LogP contribution in [-0.2, 0) is 11.4 Å². The third kappa shape index (κ3) is 3.24. The van der Waals surface area contributed by atoms with E-state index in [4.69, 9.17) is 4.84 Å². The van der Waals surface area contributed by atoms with Gasteiger partial charge >= 0.3 is 0 Å². The highest BCUT2D eigenvalue weighted by Gasteiger charge is 2.36. The molecule has 0 unspecified atom stereocenters. The van der Waals surface area contributed by atoms with Crippen LogP contribution in [0.5, 0.6) is 0 Å². The standard InChI is InChI=1S/C25H21N3O3/c26-15-18-14-21-22-19(23(18)27-12-5-2-6-13-27)10-7-11-20(22)24(29)28(25(21)30)31-16-17-8-3-1-4-9-17/h1,3-4,7-11,14H,2,5-6,12-13,16H2. The molecule has 0 N–H and O–H groups in total. The van der Waals surface area contributed by atoms with Crippen molar-refractivity contribution in [2.75, 3.05) is 18.0 Å². The lowest BCUT2D eigenvalue weighted by Gasteiger charge is -2.33. The molecule has 5 rings (SSSR count). The maximum Gasteiger partial charge on any atom is 0.285 e. The zero-order valence-corrected chi connectivity index (χ0v) is 17.0. The Labute approximate surface area is 180 Å². The van der Waals surface area contributed by atoms with Gasteiger partial charge in [0.05, 0.1) is 22.4 Å². The summed E-state index contributed by atoms with van der Waals surface area (Å²) in [5.74, 6) is -1.01. The van der Waals surface area contributed by atoms with Gasteiger partial charge in [0, 0.05) is 23.9 Å². The molecule has 0 bridgehead atoms. The van der Waals surface area contributed by atoms with Crippen molar-refractivity contribution in [3.63, 3.8) is 0 Å². The van der Waals surface area contributed by atoms with Crippen LogP contribution in [0, 0.1) is 11.3 Å². The Balaban J connectivity index is 1.60. The number of nitrogens with zero attached hydrogens (tertiary/aromatic N) is 3. The van der Waals surface area contributed by atoms with Gasteiger partial charge in [-0.05, 0) is 37.0 Å². The number of imide groups is 1. The fraction of sp³-hybridized carbons (Fsp3) is 0.240. The summed E-state index contributed by atoms with van der Waals surface area (Å²) < 4.78 is 0. The van der Waals surface area contributed by atoms with Crippen LogP contribution < -0.4 is 4.90 Å². The number of carbonyl (C=O) groups is 2. The van der Waals surface area contributed by atoms with Crippen LogP contribution in [0.3, 0.4) is 0 Å². The number of amides is 2. The van der Waals surface area contributed by atoms with Gasteiger partial charge in [-0.3, -0.25) is 14.4 Å². The Morgan fingerprint density at radius 3 is 2.39 bits per heavy atom. The van der Waals surface area contributed by atoms with E-state index in [9.17, 15) is 14.9 Å². The van der Waals surface area contributed by atoms with Gasteiger partial charge in [0.1, 0.15) is 12.7 Å². The van der Waals surface area contributed by atoms with Gasteiger partial charge < -0.3 is 4.90 Å². The second-order valence-electron chi connectivity index (χ2n) is 7.87. The zero-order chi connectivity index (χ0) is 21.4. The number of hydrogen-bond donors (Lipinski definition) is 0. The van der Waals surface area contributed by atoms with Gasteiger partial charge in [-0.15, -0.1) is 5.06 Å². The Morgan fingerprint density at radius 1 is 0.903 bits per heavy atom. The molecule has 2 amide bonds. The maximum atomic E-state index is 13.2.